The number of ether oxygens (including phenoxy) is 3. The van der Waals surface area contributed by atoms with Gasteiger partial charge in [0.05, 0.1) is 7.11 Å². The second-order valence-corrected chi connectivity index (χ2v) is 5.87. The average Bonchev–Trinajstić information content (AvgIpc) is 3.01. The molecule has 0 unspecified atom stereocenters. The molecule has 1 aliphatic heterocycles. The van der Waals surface area contributed by atoms with Crippen LogP contribution in [-0.4, -0.2) is 31.5 Å². The zero-order chi connectivity index (χ0) is 19.4. The summed E-state index contributed by atoms with van der Waals surface area (Å²) in [5.74, 6) is -0.0749. The van der Waals surface area contributed by atoms with E-state index in [1.54, 1.807) is 24.3 Å². The quantitative estimate of drug-likeness (QED) is 0.624. The number of nitrogens with two attached hydrogens (primary N) is 1. The summed E-state index contributed by atoms with van der Waals surface area (Å²) >= 11 is 0. The van der Waals surface area contributed by atoms with Crippen LogP contribution in [0.5, 0.6) is 11.5 Å². The summed E-state index contributed by atoms with van der Waals surface area (Å²) < 4.78 is 15.8. The molecule has 2 aromatic rings. The molecule has 0 saturated heterocycles. The van der Waals surface area contributed by atoms with Gasteiger partial charge in [-0.25, -0.2) is 9.79 Å². The van der Waals surface area contributed by atoms with Crippen LogP contribution in [0.4, 0.5) is 0 Å². The largest absolute Gasteiger partial charge is 0.493 e. The summed E-state index contributed by atoms with van der Waals surface area (Å²) in [6, 6.07) is 12.5. The molecular formula is C20H18N2O5. The number of nitrogens with zero attached hydrogens (tertiary/aromatic N) is 1. The molecule has 7 heteroatoms. The van der Waals surface area contributed by atoms with Crippen molar-refractivity contribution in [2.75, 3.05) is 13.7 Å². The van der Waals surface area contributed by atoms with Gasteiger partial charge < -0.3 is 19.9 Å². The third-order valence-electron chi connectivity index (χ3n) is 3.75. The standard InChI is InChI=1S/C20H18N2O5/c1-12-4-3-5-14(8-12)19-22-15(20(24)27-19)9-13-6-7-16(17(10-13)25-2)26-11-18(21)23/h3-10H,11H2,1-2H3,(H2,21,23)/b15-9+. The number of cyclic esters (lactones) is 1. The maximum atomic E-state index is 12.1. The van der Waals surface area contributed by atoms with Gasteiger partial charge in [0.2, 0.25) is 5.90 Å². The van der Waals surface area contributed by atoms with E-state index in [9.17, 15) is 9.59 Å². The zero-order valence-electron chi connectivity index (χ0n) is 14.9. The lowest BCUT2D eigenvalue weighted by atomic mass is 10.1. The number of carbonyl (C=O) groups is 2. The highest BCUT2D eigenvalue weighted by Crippen LogP contribution is 2.29. The fourth-order valence-corrected chi connectivity index (χ4v) is 2.51. The minimum atomic E-state index is -0.588. The predicted octanol–water partition coefficient (Wildman–Crippen LogP) is 2.21. The highest BCUT2D eigenvalue weighted by atomic mass is 16.6. The molecule has 0 spiro atoms. The SMILES string of the molecule is COc1cc(/C=C2/N=C(c3cccc(C)c3)OC2=O)ccc1OCC(N)=O. The molecule has 138 valence electrons. The van der Waals surface area contributed by atoms with Crippen molar-refractivity contribution in [3.05, 3.63) is 64.9 Å². The molecule has 0 radical (unpaired) electrons. The van der Waals surface area contributed by atoms with Crippen LogP contribution in [0.25, 0.3) is 6.08 Å². The zero-order valence-corrected chi connectivity index (χ0v) is 14.9. The minimum Gasteiger partial charge on any atom is -0.493 e. The summed E-state index contributed by atoms with van der Waals surface area (Å²) in [5, 5.41) is 0. The summed E-state index contributed by atoms with van der Waals surface area (Å²) in [6.07, 6.45) is 1.59. The van der Waals surface area contributed by atoms with Crippen molar-refractivity contribution >= 4 is 23.9 Å². The van der Waals surface area contributed by atoms with Gasteiger partial charge in [0, 0.05) is 5.56 Å². The maximum absolute atomic E-state index is 12.1. The Bertz CT molecular complexity index is 963. The first-order valence-electron chi connectivity index (χ1n) is 8.15. The first-order valence-corrected chi connectivity index (χ1v) is 8.15. The third-order valence-corrected chi connectivity index (χ3v) is 3.75. The lowest BCUT2D eigenvalue weighted by Gasteiger charge is -2.09. The van der Waals surface area contributed by atoms with Gasteiger partial charge in [-0.1, -0.05) is 23.8 Å². The number of methoxy groups -OCH3 is 1. The normalized spacial score (nSPS) is 14.7. The van der Waals surface area contributed by atoms with Crippen LogP contribution < -0.4 is 15.2 Å². The van der Waals surface area contributed by atoms with Gasteiger partial charge in [-0.05, 0) is 42.8 Å². The van der Waals surface area contributed by atoms with E-state index in [1.165, 1.54) is 7.11 Å². The van der Waals surface area contributed by atoms with Crippen molar-refractivity contribution in [1.29, 1.82) is 0 Å². The van der Waals surface area contributed by atoms with Gasteiger partial charge in [-0.3, -0.25) is 4.79 Å². The Morgan fingerprint density at radius 2 is 2.04 bits per heavy atom. The number of primary amides is 1. The van der Waals surface area contributed by atoms with E-state index < -0.39 is 11.9 Å². The number of benzene rings is 2. The first kappa shape index (κ1) is 18.2. The minimum absolute atomic E-state index is 0.180. The number of aryl methyl sites for hydroxylation is 1. The molecule has 2 N–H and O–H groups in total. The van der Waals surface area contributed by atoms with Crippen molar-refractivity contribution in [2.45, 2.75) is 6.92 Å². The van der Waals surface area contributed by atoms with E-state index in [0.717, 1.165) is 11.1 Å². The lowest BCUT2D eigenvalue weighted by molar-refractivity contribution is -0.130. The number of esters is 1. The fraction of sp³-hybridized carbons (Fsp3) is 0.150. The predicted molar refractivity (Wildman–Crippen MR) is 99.5 cm³/mol. The Kier molecular flexibility index (Phi) is 5.21. The molecule has 27 heavy (non-hydrogen) atoms. The second kappa shape index (κ2) is 7.74. The summed E-state index contributed by atoms with van der Waals surface area (Å²) in [7, 11) is 1.47. The number of rotatable bonds is 6. The molecule has 1 amide bonds. The molecule has 1 aliphatic rings. The van der Waals surface area contributed by atoms with Crippen LogP contribution in [0.3, 0.4) is 0 Å². The Labute approximate surface area is 156 Å². The van der Waals surface area contributed by atoms with Crippen molar-refractivity contribution in [3.63, 3.8) is 0 Å². The van der Waals surface area contributed by atoms with E-state index in [0.29, 0.717) is 17.1 Å². The van der Waals surface area contributed by atoms with Crippen molar-refractivity contribution < 1.29 is 23.8 Å². The van der Waals surface area contributed by atoms with Crippen LogP contribution in [0.1, 0.15) is 16.7 Å². The van der Waals surface area contributed by atoms with Gasteiger partial charge in [-0.2, -0.15) is 0 Å². The monoisotopic (exact) mass is 366 g/mol. The molecule has 0 aromatic heterocycles. The topological polar surface area (TPSA) is 100 Å². The van der Waals surface area contributed by atoms with Crippen LogP contribution >= 0.6 is 0 Å². The Morgan fingerprint density at radius 3 is 2.74 bits per heavy atom. The lowest BCUT2D eigenvalue weighted by Crippen LogP contribution is -2.20. The Hall–Kier alpha value is -3.61. The van der Waals surface area contributed by atoms with Crippen LogP contribution in [0.15, 0.2) is 53.2 Å². The Morgan fingerprint density at radius 1 is 1.22 bits per heavy atom. The van der Waals surface area contributed by atoms with E-state index in [1.807, 2.05) is 31.2 Å². The molecule has 0 aliphatic carbocycles. The van der Waals surface area contributed by atoms with Gasteiger partial charge in [0.25, 0.3) is 5.91 Å². The fourth-order valence-electron chi connectivity index (χ4n) is 2.51. The summed E-state index contributed by atoms with van der Waals surface area (Å²) in [6.45, 7) is 1.69. The van der Waals surface area contributed by atoms with Crippen molar-refractivity contribution in [3.8, 4) is 11.5 Å². The molecule has 1 heterocycles. The highest BCUT2D eigenvalue weighted by molar-refractivity contribution is 6.12. The number of carbonyl (C=O) groups excluding carboxylic acids is 2. The number of hydrogen-bond donors (Lipinski definition) is 1. The van der Waals surface area contributed by atoms with Gasteiger partial charge in [-0.15, -0.1) is 0 Å². The molecule has 0 saturated carbocycles. The van der Waals surface area contributed by atoms with E-state index in [4.69, 9.17) is 19.9 Å². The van der Waals surface area contributed by atoms with E-state index in [2.05, 4.69) is 4.99 Å². The van der Waals surface area contributed by atoms with E-state index >= 15 is 0 Å². The molecule has 0 bridgehead atoms. The molecule has 3 rings (SSSR count). The van der Waals surface area contributed by atoms with Crippen LogP contribution in [0, 0.1) is 6.92 Å². The number of hydrogen-bond acceptors (Lipinski definition) is 6. The first-order chi connectivity index (χ1) is 13.0. The summed E-state index contributed by atoms with van der Waals surface area (Å²) in [4.78, 5) is 27.3. The van der Waals surface area contributed by atoms with Crippen molar-refractivity contribution in [2.24, 2.45) is 10.7 Å². The molecule has 2 aromatic carbocycles. The van der Waals surface area contributed by atoms with Crippen LogP contribution in [0.2, 0.25) is 0 Å². The molecule has 7 nitrogen and oxygen atoms in total. The molecule has 0 atom stereocenters. The smallest absolute Gasteiger partial charge is 0.363 e. The molecule has 0 fully saturated rings. The third kappa shape index (κ3) is 4.33. The van der Waals surface area contributed by atoms with Gasteiger partial charge in [0.15, 0.2) is 23.8 Å². The highest BCUT2D eigenvalue weighted by Gasteiger charge is 2.24. The van der Waals surface area contributed by atoms with Crippen molar-refractivity contribution in [1.82, 2.24) is 0 Å². The maximum Gasteiger partial charge on any atom is 0.363 e. The van der Waals surface area contributed by atoms with Gasteiger partial charge >= 0.3 is 5.97 Å². The van der Waals surface area contributed by atoms with E-state index in [-0.39, 0.29) is 18.2 Å². The summed E-state index contributed by atoms with van der Waals surface area (Å²) in [5.41, 5.74) is 7.70. The molecular weight excluding hydrogens is 348 g/mol. The number of aliphatic imine (C=N–C) groups is 1. The van der Waals surface area contributed by atoms with Crippen LogP contribution in [-0.2, 0) is 14.3 Å². The average molecular weight is 366 g/mol. The Balaban J connectivity index is 1.87. The second-order valence-electron chi connectivity index (χ2n) is 5.87. The number of amides is 1. The van der Waals surface area contributed by atoms with Gasteiger partial charge in [0.1, 0.15) is 0 Å².